The summed E-state index contributed by atoms with van der Waals surface area (Å²) >= 11 is 0. The molecule has 0 radical (unpaired) electrons. The first-order valence-corrected chi connectivity index (χ1v) is 9.37. The predicted octanol–water partition coefficient (Wildman–Crippen LogP) is 3.10. The second-order valence-corrected chi connectivity index (χ2v) is 7.51. The summed E-state index contributed by atoms with van der Waals surface area (Å²) in [5, 5.41) is 11.6. The van der Waals surface area contributed by atoms with E-state index < -0.39 is 0 Å². The van der Waals surface area contributed by atoms with Gasteiger partial charge in [-0.25, -0.2) is 0 Å². The van der Waals surface area contributed by atoms with Gasteiger partial charge in [-0.05, 0) is 57.4 Å². The summed E-state index contributed by atoms with van der Waals surface area (Å²) in [5.74, 6) is 0.918. The van der Waals surface area contributed by atoms with Gasteiger partial charge in [0.2, 0.25) is 0 Å². The van der Waals surface area contributed by atoms with Gasteiger partial charge < -0.3 is 10.6 Å². The lowest BCUT2D eigenvalue weighted by Gasteiger charge is -2.29. The van der Waals surface area contributed by atoms with E-state index in [0.717, 1.165) is 24.6 Å². The molecule has 0 spiro atoms. The highest BCUT2D eigenvalue weighted by molar-refractivity contribution is 5.80. The quantitative estimate of drug-likeness (QED) is 0.621. The Bertz CT molecular complexity index is 567. The van der Waals surface area contributed by atoms with Crippen LogP contribution in [0, 0.1) is 19.3 Å². The Morgan fingerprint density at radius 3 is 2.50 bits per heavy atom. The third-order valence-electron chi connectivity index (χ3n) is 5.82. The fourth-order valence-electron chi connectivity index (χ4n) is 3.95. The number of hydrogen-bond donors (Lipinski definition) is 2. The zero-order chi connectivity index (χ0) is 17.7. The molecule has 1 unspecified atom stereocenters. The van der Waals surface area contributed by atoms with Gasteiger partial charge in [-0.3, -0.25) is 9.67 Å². The Labute approximate surface area is 147 Å². The molecule has 0 bridgehead atoms. The minimum atomic E-state index is 0.318. The third kappa shape index (κ3) is 4.31. The van der Waals surface area contributed by atoms with E-state index in [1.54, 1.807) is 0 Å². The largest absolute Gasteiger partial charge is 0.356 e. The topological polar surface area (TPSA) is 54.2 Å². The summed E-state index contributed by atoms with van der Waals surface area (Å²) in [7, 11) is 3.87. The van der Waals surface area contributed by atoms with E-state index in [2.05, 4.69) is 48.4 Å². The van der Waals surface area contributed by atoms with Crippen molar-refractivity contribution >= 4 is 5.96 Å². The molecule has 0 saturated heterocycles. The molecule has 136 valence electrons. The number of hydrogen-bond acceptors (Lipinski definition) is 2. The van der Waals surface area contributed by atoms with Gasteiger partial charge in [-0.1, -0.05) is 19.8 Å². The van der Waals surface area contributed by atoms with Crippen LogP contribution >= 0.6 is 0 Å². The molecule has 1 aliphatic carbocycles. The lowest BCUT2D eigenvalue weighted by atomic mass is 9.83. The number of guanidine groups is 1. The van der Waals surface area contributed by atoms with Crippen LogP contribution in [-0.2, 0) is 13.5 Å². The molecule has 1 heterocycles. The van der Waals surface area contributed by atoms with Gasteiger partial charge >= 0.3 is 0 Å². The average Bonchev–Trinajstić information content (AvgIpc) is 3.13. The van der Waals surface area contributed by atoms with Crippen molar-refractivity contribution in [1.29, 1.82) is 0 Å². The number of aryl methyl sites for hydroxylation is 2. The molecular weight excluding hydrogens is 298 g/mol. The van der Waals surface area contributed by atoms with Crippen LogP contribution in [0.15, 0.2) is 4.99 Å². The van der Waals surface area contributed by atoms with Gasteiger partial charge in [0.05, 0.1) is 5.69 Å². The Kier molecular flexibility index (Phi) is 6.30. The molecule has 5 heteroatoms. The Hall–Kier alpha value is -1.52. The molecule has 0 aliphatic heterocycles. The number of rotatable bonds is 6. The van der Waals surface area contributed by atoms with Crippen molar-refractivity contribution < 1.29 is 0 Å². The fraction of sp³-hybridized carbons (Fsp3) is 0.789. The maximum absolute atomic E-state index is 4.51. The van der Waals surface area contributed by atoms with E-state index >= 15 is 0 Å². The molecule has 1 aliphatic rings. The van der Waals surface area contributed by atoms with Gasteiger partial charge in [0.25, 0.3) is 0 Å². The molecule has 2 N–H and O–H groups in total. The molecule has 2 rings (SSSR count). The van der Waals surface area contributed by atoms with Crippen LogP contribution in [0.5, 0.6) is 0 Å². The lowest BCUT2D eigenvalue weighted by Crippen LogP contribution is -2.46. The summed E-state index contributed by atoms with van der Waals surface area (Å²) in [6.45, 7) is 9.79. The van der Waals surface area contributed by atoms with E-state index in [1.165, 1.54) is 43.4 Å². The molecule has 0 aromatic carbocycles. The lowest BCUT2D eigenvalue weighted by molar-refractivity contribution is 0.283. The Balaban J connectivity index is 1.90. The van der Waals surface area contributed by atoms with Crippen molar-refractivity contribution in [3.63, 3.8) is 0 Å². The second kappa shape index (κ2) is 8.04. The number of aliphatic imine (C=N–C) groups is 1. The first kappa shape index (κ1) is 18.8. The van der Waals surface area contributed by atoms with Gasteiger partial charge in [0.15, 0.2) is 5.96 Å². The summed E-state index contributed by atoms with van der Waals surface area (Å²) in [6.07, 6.45) is 7.65. The van der Waals surface area contributed by atoms with Crippen molar-refractivity contribution in [2.75, 3.05) is 13.6 Å². The first-order chi connectivity index (χ1) is 11.4. The van der Waals surface area contributed by atoms with Crippen molar-refractivity contribution in [3.8, 4) is 0 Å². The molecule has 1 atom stereocenters. The van der Waals surface area contributed by atoms with Crippen LogP contribution in [0.4, 0.5) is 0 Å². The van der Waals surface area contributed by atoms with E-state index in [-0.39, 0.29) is 0 Å². The molecule has 1 fully saturated rings. The van der Waals surface area contributed by atoms with Crippen LogP contribution in [-0.4, -0.2) is 35.4 Å². The number of nitrogens with zero attached hydrogens (tertiary/aromatic N) is 3. The maximum Gasteiger partial charge on any atom is 0.191 e. The third-order valence-corrected chi connectivity index (χ3v) is 5.82. The van der Waals surface area contributed by atoms with Gasteiger partial charge in [0.1, 0.15) is 0 Å². The highest BCUT2D eigenvalue weighted by Gasteiger charge is 2.32. The SMILES string of the molecule is CCC1(CNC(=NC)NC(C)Cc2c(C)nn(C)c2C)CCCC1. The van der Waals surface area contributed by atoms with Gasteiger partial charge in [-0.15, -0.1) is 0 Å². The summed E-state index contributed by atoms with van der Waals surface area (Å²) in [5.41, 5.74) is 4.19. The first-order valence-electron chi connectivity index (χ1n) is 9.37. The van der Waals surface area contributed by atoms with Crippen LogP contribution in [0.3, 0.4) is 0 Å². The minimum Gasteiger partial charge on any atom is -0.356 e. The summed E-state index contributed by atoms with van der Waals surface area (Å²) < 4.78 is 1.97. The molecule has 0 amide bonds. The fourth-order valence-corrected chi connectivity index (χ4v) is 3.95. The van der Waals surface area contributed by atoms with Crippen LogP contribution in [0.2, 0.25) is 0 Å². The molecular formula is C19H35N5. The van der Waals surface area contributed by atoms with Crippen molar-refractivity contribution in [3.05, 3.63) is 17.0 Å². The number of nitrogens with one attached hydrogen (secondary N) is 2. The van der Waals surface area contributed by atoms with Crippen molar-refractivity contribution in [2.24, 2.45) is 17.5 Å². The molecule has 1 aromatic heterocycles. The standard InChI is InChI=1S/C19H35N5/c1-7-19(10-8-9-11-19)13-21-18(20-5)22-14(2)12-17-15(3)23-24(6)16(17)4/h14H,7-13H2,1-6H3,(H2,20,21,22). The molecule has 1 saturated carbocycles. The number of aromatic nitrogens is 2. The highest BCUT2D eigenvalue weighted by Crippen LogP contribution is 2.40. The van der Waals surface area contributed by atoms with Gasteiger partial charge in [0, 0.05) is 32.4 Å². The molecule has 1 aromatic rings. The molecule has 24 heavy (non-hydrogen) atoms. The predicted molar refractivity (Wildman–Crippen MR) is 102 cm³/mol. The monoisotopic (exact) mass is 333 g/mol. The maximum atomic E-state index is 4.51. The van der Waals surface area contributed by atoms with Gasteiger partial charge in [-0.2, -0.15) is 5.10 Å². The van der Waals surface area contributed by atoms with E-state index in [0.29, 0.717) is 11.5 Å². The summed E-state index contributed by atoms with van der Waals surface area (Å²) in [6, 6.07) is 0.318. The average molecular weight is 334 g/mol. The van der Waals surface area contributed by atoms with Crippen molar-refractivity contribution in [1.82, 2.24) is 20.4 Å². The zero-order valence-electron chi connectivity index (χ0n) is 16.4. The smallest absolute Gasteiger partial charge is 0.191 e. The molecule has 5 nitrogen and oxygen atoms in total. The van der Waals surface area contributed by atoms with Crippen molar-refractivity contribution in [2.45, 2.75) is 72.3 Å². The zero-order valence-corrected chi connectivity index (χ0v) is 16.4. The van der Waals surface area contributed by atoms with E-state index in [9.17, 15) is 0 Å². The van der Waals surface area contributed by atoms with Crippen LogP contribution in [0.25, 0.3) is 0 Å². The summed E-state index contributed by atoms with van der Waals surface area (Å²) in [4.78, 5) is 4.42. The Morgan fingerprint density at radius 1 is 1.33 bits per heavy atom. The second-order valence-electron chi connectivity index (χ2n) is 7.51. The minimum absolute atomic E-state index is 0.318. The van der Waals surface area contributed by atoms with E-state index in [1.807, 2.05) is 18.8 Å². The highest BCUT2D eigenvalue weighted by atomic mass is 15.3. The normalized spacial score (nSPS) is 18.7. The van der Waals surface area contributed by atoms with Crippen LogP contribution < -0.4 is 10.6 Å². The van der Waals surface area contributed by atoms with E-state index in [4.69, 9.17) is 0 Å². The van der Waals surface area contributed by atoms with Crippen LogP contribution in [0.1, 0.15) is 62.9 Å². The Morgan fingerprint density at radius 2 is 2.00 bits per heavy atom.